The largest absolute Gasteiger partial charge is 0.326 e. The molecule has 1 N–H and O–H groups in total. The van der Waals surface area contributed by atoms with Gasteiger partial charge in [-0.1, -0.05) is 36.4 Å². The Bertz CT molecular complexity index is 860. The van der Waals surface area contributed by atoms with Crippen molar-refractivity contribution < 1.29 is 14.4 Å². The molecular weight excluding hydrogens is 316 g/mol. The molecule has 1 heterocycles. The van der Waals surface area contributed by atoms with Gasteiger partial charge in [0.15, 0.2) is 0 Å². The fourth-order valence-corrected chi connectivity index (χ4v) is 2.46. The molecule has 0 aliphatic carbocycles. The van der Waals surface area contributed by atoms with Crippen LogP contribution in [0.5, 0.6) is 0 Å². The fraction of sp³-hybridized carbons (Fsp3) is 0.0500. The molecule has 0 spiro atoms. The molecule has 0 atom stereocenters. The molecule has 2 aromatic rings. The van der Waals surface area contributed by atoms with Crippen molar-refractivity contribution in [3.63, 3.8) is 0 Å². The van der Waals surface area contributed by atoms with E-state index in [0.29, 0.717) is 5.69 Å². The maximum absolute atomic E-state index is 11.7. The molecule has 1 aliphatic heterocycles. The maximum atomic E-state index is 11.7. The molecule has 124 valence electrons. The van der Waals surface area contributed by atoms with Gasteiger partial charge in [-0.3, -0.25) is 14.4 Å². The van der Waals surface area contributed by atoms with Gasteiger partial charge in [-0.2, -0.15) is 0 Å². The normalized spacial score (nSPS) is 13.7. The quantitative estimate of drug-likeness (QED) is 0.690. The lowest BCUT2D eigenvalue weighted by Gasteiger charge is -2.13. The molecule has 3 amide bonds. The van der Waals surface area contributed by atoms with Crippen LogP contribution in [0, 0.1) is 0 Å². The van der Waals surface area contributed by atoms with Crippen molar-refractivity contribution >= 4 is 41.2 Å². The zero-order valence-corrected chi connectivity index (χ0v) is 13.6. The van der Waals surface area contributed by atoms with Crippen LogP contribution in [0.25, 0.3) is 12.2 Å². The number of imide groups is 1. The Morgan fingerprint density at radius 2 is 1.32 bits per heavy atom. The summed E-state index contributed by atoms with van der Waals surface area (Å²) in [6.45, 7) is 1.47. The van der Waals surface area contributed by atoms with Gasteiger partial charge in [-0.15, -0.1) is 0 Å². The SMILES string of the molecule is CC(=O)Nc1ccc(C=Cc2ccc(N3C(=O)C=CC3=O)cc2)cc1. The van der Waals surface area contributed by atoms with Gasteiger partial charge < -0.3 is 5.32 Å². The van der Waals surface area contributed by atoms with Crippen LogP contribution in [0.3, 0.4) is 0 Å². The first-order valence-corrected chi connectivity index (χ1v) is 7.75. The summed E-state index contributed by atoms with van der Waals surface area (Å²) in [6, 6.07) is 14.6. The Hall–Kier alpha value is -3.47. The first-order chi connectivity index (χ1) is 12.0. The average Bonchev–Trinajstić information content (AvgIpc) is 2.93. The molecule has 5 nitrogen and oxygen atoms in total. The van der Waals surface area contributed by atoms with Gasteiger partial charge >= 0.3 is 0 Å². The van der Waals surface area contributed by atoms with Crippen LogP contribution in [-0.2, 0) is 14.4 Å². The molecule has 2 aromatic carbocycles. The maximum Gasteiger partial charge on any atom is 0.258 e. The molecule has 0 saturated carbocycles. The van der Waals surface area contributed by atoms with Crippen molar-refractivity contribution in [1.29, 1.82) is 0 Å². The second-order valence-electron chi connectivity index (χ2n) is 5.57. The molecule has 0 saturated heterocycles. The lowest BCUT2D eigenvalue weighted by Crippen LogP contribution is -2.29. The Labute approximate surface area is 145 Å². The molecule has 0 fully saturated rings. The minimum Gasteiger partial charge on any atom is -0.326 e. The van der Waals surface area contributed by atoms with E-state index >= 15 is 0 Å². The third-order valence-electron chi connectivity index (χ3n) is 3.66. The number of hydrogen-bond acceptors (Lipinski definition) is 3. The van der Waals surface area contributed by atoms with E-state index in [9.17, 15) is 14.4 Å². The van der Waals surface area contributed by atoms with Crippen LogP contribution in [0.1, 0.15) is 18.1 Å². The number of nitrogens with zero attached hydrogens (tertiary/aromatic N) is 1. The van der Waals surface area contributed by atoms with Gasteiger partial charge in [0.05, 0.1) is 5.69 Å². The number of benzene rings is 2. The highest BCUT2D eigenvalue weighted by Crippen LogP contribution is 2.20. The lowest BCUT2D eigenvalue weighted by molar-refractivity contribution is -0.120. The Morgan fingerprint density at radius 3 is 1.80 bits per heavy atom. The van der Waals surface area contributed by atoms with Crippen molar-refractivity contribution in [3.8, 4) is 0 Å². The summed E-state index contributed by atoms with van der Waals surface area (Å²) in [5, 5.41) is 2.72. The third kappa shape index (κ3) is 3.90. The van der Waals surface area contributed by atoms with Gasteiger partial charge in [-0.05, 0) is 35.4 Å². The molecule has 0 aromatic heterocycles. The highest BCUT2D eigenvalue weighted by atomic mass is 16.2. The summed E-state index contributed by atoms with van der Waals surface area (Å²) in [5.41, 5.74) is 3.24. The number of amides is 3. The standard InChI is InChI=1S/C20H16N2O3/c1-14(23)21-17-8-4-15(5-9-17)2-3-16-6-10-18(11-7-16)22-19(24)12-13-20(22)25/h2-13H,1H3,(H,21,23). The van der Waals surface area contributed by atoms with Crippen molar-refractivity contribution in [2.75, 3.05) is 10.2 Å². The molecule has 5 heteroatoms. The number of carbonyl (C=O) groups excluding carboxylic acids is 3. The summed E-state index contributed by atoms with van der Waals surface area (Å²) in [5.74, 6) is -0.756. The second-order valence-corrected chi connectivity index (χ2v) is 5.57. The summed E-state index contributed by atoms with van der Waals surface area (Å²) < 4.78 is 0. The van der Waals surface area contributed by atoms with Crippen molar-refractivity contribution in [2.24, 2.45) is 0 Å². The van der Waals surface area contributed by atoms with Crippen LogP contribution in [0.2, 0.25) is 0 Å². The van der Waals surface area contributed by atoms with Crippen LogP contribution < -0.4 is 10.2 Å². The number of hydrogen-bond donors (Lipinski definition) is 1. The predicted molar refractivity (Wildman–Crippen MR) is 97.7 cm³/mol. The van der Waals surface area contributed by atoms with E-state index in [1.165, 1.54) is 19.1 Å². The summed E-state index contributed by atoms with van der Waals surface area (Å²) in [6.07, 6.45) is 6.41. The number of rotatable bonds is 4. The van der Waals surface area contributed by atoms with Gasteiger partial charge in [-0.25, -0.2) is 4.90 Å². The minimum absolute atomic E-state index is 0.103. The average molecular weight is 332 g/mol. The fourth-order valence-electron chi connectivity index (χ4n) is 2.46. The Morgan fingerprint density at radius 1 is 0.840 bits per heavy atom. The van der Waals surface area contributed by atoms with Crippen molar-refractivity contribution in [3.05, 3.63) is 71.8 Å². The Balaban J connectivity index is 1.69. The van der Waals surface area contributed by atoms with E-state index in [0.717, 1.165) is 21.7 Å². The zero-order chi connectivity index (χ0) is 17.8. The summed E-state index contributed by atoms with van der Waals surface area (Å²) in [7, 11) is 0. The molecule has 0 bridgehead atoms. The number of carbonyl (C=O) groups is 3. The topological polar surface area (TPSA) is 66.5 Å². The summed E-state index contributed by atoms with van der Waals surface area (Å²) >= 11 is 0. The summed E-state index contributed by atoms with van der Waals surface area (Å²) in [4.78, 5) is 35.4. The van der Waals surface area contributed by atoms with Crippen molar-refractivity contribution in [2.45, 2.75) is 6.92 Å². The highest BCUT2D eigenvalue weighted by molar-refractivity contribution is 6.28. The zero-order valence-electron chi connectivity index (χ0n) is 13.6. The predicted octanol–water partition coefficient (Wildman–Crippen LogP) is 3.24. The van der Waals surface area contributed by atoms with Gasteiger partial charge in [0.1, 0.15) is 0 Å². The lowest BCUT2D eigenvalue weighted by atomic mass is 10.1. The molecule has 0 unspecified atom stereocenters. The molecular formula is C20H16N2O3. The van der Waals surface area contributed by atoms with E-state index in [2.05, 4.69) is 5.32 Å². The van der Waals surface area contributed by atoms with Crippen LogP contribution in [-0.4, -0.2) is 17.7 Å². The smallest absolute Gasteiger partial charge is 0.258 e. The highest BCUT2D eigenvalue weighted by Gasteiger charge is 2.24. The monoisotopic (exact) mass is 332 g/mol. The minimum atomic E-state index is -0.326. The number of nitrogens with one attached hydrogen (secondary N) is 1. The molecule has 25 heavy (non-hydrogen) atoms. The van der Waals surface area contributed by atoms with Crippen LogP contribution in [0.15, 0.2) is 60.7 Å². The van der Waals surface area contributed by atoms with Crippen LogP contribution >= 0.6 is 0 Å². The van der Waals surface area contributed by atoms with E-state index in [1.807, 2.05) is 48.6 Å². The third-order valence-corrected chi connectivity index (χ3v) is 3.66. The molecule has 0 radical (unpaired) electrons. The first-order valence-electron chi connectivity index (χ1n) is 7.75. The van der Waals surface area contributed by atoms with Gasteiger partial charge in [0.25, 0.3) is 11.8 Å². The van der Waals surface area contributed by atoms with E-state index < -0.39 is 0 Å². The van der Waals surface area contributed by atoms with Crippen LogP contribution in [0.4, 0.5) is 11.4 Å². The van der Waals surface area contributed by atoms with E-state index in [1.54, 1.807) is 12.1 Å². The van der Waals surface area contributed by atoms with E-state index in [-0.39, 0.29) is 17.7 Å². The molecule has 1 aliphatic rings. The second kappa shape index (κ2) is 6.97. The number of anilines is 2. The Kier molecular flexibility index (Phi) is 4.57. The molecule has 3 rings (SSSR count). The van der Waals surface area contributed by atoms with E-state index in [4.69, 9.17) is 0 Å². The van der Waals surface area contributed by atoms with Gasteiger partial charge in [0, 0.05) is 24.8 Å². The first kappa shape index (κ1) is 16.4. The van der Waals surface area contributed by atoms with Gasteiger partial charge in [0.2, 0.25) is 5.91 Å². The van der Waals surface area contributed by atoms with Crippen molar-refractivity contribution in [1.82, 2.24) is 0 Å².